The minimum absolute atomic E-state index is 0.105. The van der Waals surface area contributed by atoms with Gasteiger partial charge in [0.05, 0.1) is 12.8 Å². The van der Waals surface area contributed by atoms with E-state index in [-0.39, 0.29) is 5.91 Å². The highest BCUT2D eigenvalue weighted by atomic mass is 32.1. The van der Waals surface area contributed by atoms with Crippen LogP contribution in [0.15, 0.2) is 78.2 Å². The Morgan fingerprint density at radius 3 is 2.50 bits per heavy atom. The number of aryl methyl sites for hydroxylation is 1. The van der Waals surface area contributed by atoms with Crippen molar-refractivity contribution in [2.24, 2.45) is 0 Å². The number of nitrogens with one attached hydrogen (secondary N) is 2. The average Bonchev–Trinajstić information content (AvgIpc) is 3.33. The Balaban J connectivity index is 1.35. The first kappa shape index (κ1) is 23.5. The van der Waals surface area contributed by atoms with Gasteiger partial charge in [0, 0.05) is 33.9 Å². The van der Waals surface area contributed by atoms with Crippen LogP contribution in [-0.2, 0) is 6.42 Å². The van der Waals surface area contributed by atoms with Crippen molar-refractivity contribution < 1.29 is 9.53 Å². The molecule has 0 fully saturated rings. The minimum atomic E-state index is -0.105. The number of thiazole rings is 1. The molecule has 0 aliphatic heterocycles. The Labute approximate surface area is 204 Å². The van der Waals surface area contributed by atoms with Crippen LogP contribution in [0.25, 0.3) is 11.3 Å². The maximum Gasteiger partial charge on any atom is 0.255 e. The average molecular weight is 472 g/mol. The molecule has 0 spiro atoms. The summed E-state index contributed by atoms with van der Waals surface area (Å²) in [6.07, 6.45) is 4.69. The van der Waals surface area contributed by atoms with Crippen LogP contribution in [0.4, 0.5) is 16.5 Å². The topological polar surface area (TPSA) is 63.2 Å². The van der Waals surface area contributed by atoms with Crippen LogP contribution in [-0.4, -0.2) is 18.0 Å². The molecule has 0 saturated carbocycles. The van der Waals surface area contributed by atoms with Crippen LogP contribution in [0.5, 0.6) is 5.75 Å². The van der Waals surface area contributed by atoms with Gasteiger partial charge < -0.3 is 15.4 Å². The quantitative estimate of drug-likeness (QED) is 0.234. The van der Waals surface area contributed by atoms with E-state index in [1.54, 1.807) is 7.11 Å². The van der Waals surface area contributed by atoms with Crippen molar-refractivity contribution >= 4 is 33.8 Å². The van der Waals surface area contributed by atoms with Gasteiger partial charge >= 0.3 is 0 Å². The molecular formula is C28H29N3O2S. The molecule has 0 radical (unpaired) electrons. The number of benzene rings is 3. The molecule has 34 heavy (non-hydrogen) atoms. The van der Waals surface area contributed by atoms with Gasteiger partial charge in [-0.05, 0) is 54.8 Å². The molecule has 0 unspecified atom stereocenters. The molecule has 0 atom stereocenters. The molecule has 1 amide bonds. The molecule has 0 aliphatic carbocycles. The molecule has 3 aromatic carbocycles. The molecule has 2 N–H and O–H groups in total. The molecule has 4 aromatic rings. The number of hydrogen-bond acceptors (Lipinski definition) is 5. The van der Waals surface area contributed by atoms with Gasteiger partial charge in [0.2, 0.25) is 0 Å². The molecule has 0 saturated heterocycles. The van der Waals surface area contributed by atoms with Gasteiger partial charge in [-0.2, -0.15) is 0 Å². The lowest BCUT2D eigenvalue weighted by molar-refractivity contribution is 0.102. The van der Waals surface area contributed by atoms with Gasteiger partial charge in [0.15, 0.2) is 5.13 Å². The smallest absolute Gasteiger partial charge is 0.255 e. The number of rotatable bonds is 10. The fourth-order valence-electron chi connectivity index (χ4n) is 3.62. The fourth-order valence-corrected chi connectivity index (χ4v) is 4.36. The first-order valence-electron chi connectivity index (χ1n) is 11.5. The van der Waals surface area contributed by atoms with E-state index in [9.17, 15) is 4.79 Å². The summed E-state index contributed by atoms with van der Waals surface area (Å²) in [5.74, 6) is 0.689. The second kappa shape index (κ2) is 11.5. The molecule has 0 bridgehead atoms. The number of ether oxygens (including phenoxy) is 1. The summed E-state index contributed by atoms with van der Waals surface area (Å²) in [7, 11) is 1.65. The third kappa shape index (κ3) is 6.23. The number of unbranched alkanes of at least 4 members (excludes halogenated alkanes) is 2. The highest BCUT2D eigenvalue weighted by Gasteiger charge is 2.09. The second-order valence-electron chi connectivity index (χ2n) is 8.08. The number of amides is 1. The number of anilines is 3. The molecule has 174 valence electrons. The second-order valence-corrected chi connectivity index (χ2v) is 8.94. The van der Waals surface area contributed by atoms with Crippen molar-refractivity contribution in [2.75, 3.05) is 17.7 Å². The summed E-state index contributed by atoms with van der Waals surface area (Å²) >= 11 is 1.54. The van der Waals surface area contributed by atoms with E-state index in [1.807, 2.05) is 78.2 Å². The largest absolute Gasteiger partial charge is 0.497 e. The first-order chi connectivity index (χ1) is 16.6. The van der Waals surface area contributed by atoms with Crippen LogP contribution in [0.1, 0.15) is 42.1 Å². The molecular weight excluding hydrogens is 442 g/mol. The minimum Gasteiger partial charge on any atom is -0.497 e. The maximum atomic E-state index is 12.6. The predicted molar refractivity (Wildman–Crippen MR) is 141 cm³/mol. The highest BCUT2D eigenvalue weighted by Crippen LogP contribution is 2.29. The van der Waals surface area contributed by atoms with Crippen LogP contribution in [0.2, 0.25) is 0 Å². The number of methoxy groups -OCH3 is 1. The number of hydrogen-bond donors (Lipinski definition) is 2. The fraction of sp³-hybridized carbons (Fsp3) is 0.214. The lowest BCUT2D eigenvalue weighted by Crippen LogP contribution is -2.11. The lowest BCUT2D eigenvalue weighted by Gasteiger charge is -2.07. The van der Waals surface area contributed by atoms with Gasteiger partial charge in [0.1, 0.15) is 5.75 Å². The van der Waals surface area contributed by atoms with Gasteiger partial charge in [0.25, 0.3) is 5.91 Å². The van der Waals surface area contributed by atoms with E-state index >= 15 is 0 Å². The van der Waals surface area contributed by atoms with Crippen molar-refractivity contribution in [1.82, 2.24) is 4.98 Å². The van der Waals surface area contributed by atoms with Gasteiger partial charge in [-0.15, -0.1) is 11.3 Å². The summed E-state index contributed by atoms with van der Waals surface area (Å²) in [4.78, 5) is 17.3. The maximum absolute atomic E-state index is 12.6. The highest BCUT2D eigenvalue weighted by molar-refractivity contribution is 7.14. The summed E-state index contributed by atoms with van der Waals surface area (Å²) in [5, 5.41) is 9.11. The third-order valence-electron chi connectivity index (χ3n) is 5.55. The zero-order valence-corrected chi connectivity index (χ0v) is 20.3. The number of carbonyl (C=O) groups excluding carboxylic acids is 1. The van der Waals surface area contributed by atoms with E-state index in [0.29, 0.717) is 5.56 Å². The Morgan fingerprint density at radius 1 is 0.971 bits per heavy atom. The molecule has 4 rings (SSSR count). The Hall–Kier alpha value is -3.64. The number of carbonyl (C=O) groups is 1. The molecule has 6 heteroatoms. The summed E-state index contributed by atoms with van der Waals surface area (Å²) in [6.45, 7) is 2.20. The Bertz CT molecular complexity index is 1220. The van der Waals surface area contributed by atoms with Crippen LogP contribution in [0, 0.1) is 0 Å². The zero-order chi connectivity index (χ0) is 23.8. The summed E-state index contributed by atoms with van der Waals surface area (Å²) < 4.78 is 5.27. The van der Waals surface area contributed by atoms with E-state index in [1.165, 1.54) is 36.2 Å². The molecule has 0 aliphatic rings. The van der Waals surface area contributed by atoms with Crippen molar-refractivity contribution in [3.63, 3.8) is 0 Å². The van der Waals surface area contributed by atoms with E-state index in [2.05, 4.69) is 22.5 Å². The van der Waals surface area contributed by atoms with E-state index < -0.39 is 0 Å². The van der Waals surface area contributed by atoms with E-state index in [0.717, 1.165) is 39.9 Å². The molecule has 5 nitrogen and oxygen atoms in total. The van der Waals surface area contributed by atoms with Crippen molar-refractivity contribution in [2.45, 2.75) is 32.6 Å². The van der Waals surface area contributed by atoms with Crippen LogP contribution >= 0.6 is 11.3 Å². The van der Waals surface area contributed by atoms with E-state index in [4.69, 9.17) is 4.74 Å². The standard InChI is InChI=1S/C28H29N3O2S/c1-3-4-5-7-20-10-12-22(13-11-20)27(32)29-23-16-14-21(15-17-23)26-19-34-28(31-26)30-24-8-6-9-25(18-24)33-2/h6,8-19H,3-5,7H2,1-2H3,(H,29,32)(H,30,31). The Morgan fingerprint density at radius 2 is 1.76 bits per heavy atom. The van der Waals surface area contributed by atoms with Crippen LogP contribution in [0.3, 0.4) is 0 Å². The first-order valence-corrected chi connectivity index (χ1v) is 12.4. The van der Waals surface area contributed by atoms with Crippen molar-refractivity contribution in [3.05, 3.63) is 89.3 Å². The number of aromatic nitrogens is 1. The zero-order valence-electron chi connectivity index (χ0n) is 19.5. The summed E-state index contributed by atoms with van der Waals surface area (Å²) in [6, 6.07) is 23.4. The van der Waals surface area contributed by atoms with Crippen LogP contribution < -0.4 is 15.4 Å². The van der Waals surface area contributed by atoms with Crippen molar-refractivity contribution in [1.29, 1.82) is 0 Å². The Kier molecular flexibility index (Phi) is 7.94. The van der Waals surface area contributed by atoms with Gasteiger partial charge in [-0.1, -0.05) is 50.1 Å². The normalized spacial score (nSPS) is 10.6. The predicted octanol–water partition coefficient (Wildman–Crippen LogP) is 7.55. The summed E-state index contributed by atoms with van der Waals surface area (Å²) in [5.41, 5.74) is 5.49. The SMILES string of the molecule is CCCCCc1ccc(C(=O)Nc2ccc(-c3csc(Nc4cccc(OC)c4)n3)cc2)cc1. The number of nitrogens with zero attached hydrogens (tertiary/aromatic N) is 1. The molecule has 1 heterocycles. The van der Waals surface area contributed by atoms with Crippen molar-refractivity contribution in [3.8, 4) is 17.0 Å². The monoisotopic (exact) mass is 471 g/mol. The van der Waals surface area contributed by atoms with Gasteiger partial charge in [-0.3, -0.25) is 4.79 Å². The molecule has 1 aromatic heterocycles. The van der Waals surface area contributed by atoms with Gasteiger partial charge in [-0.25, -0.2) is 4.98 Å². The lowest BCUT2D eigenvalue weighted by atomic mass is 10.0. The third-order valence-corrected chi connectivity index (χ3v) is 6.31.